The van der Waals surface area contributed by atoms with E-state index in [9.17, 15) is 0 Å². The predicted molar refractivity (Wildman–Crippen MR) is 80.6 cm³/mol. The molecule has 3 rings (SSSR count). The van der Waals surface area contributed by atoms with Gasteiger partial charge in [-0.1, -0.05) is 6.07 Å². The predicted octanol–water partition coefficient (Wildman–Crippen LogP) is 2.76. The molecule has 2 aliphatic rings. The highest BCUT2D eigenvalue weighted by molar-refractivity contribution is 5.03. The summed E-state index contributed by atoms with van der Waals surface area (Å²) in [6.45, 7) is 5.69. The molecule has 1 aromatic heterocycles. The molecule has 0 aromatic carbocycles. The fraction of sp³-hybridized carbons (Fsp3) is 0.706. The summed E-state index contributed by atoms with van der Waals surface area (Å²) in [5, 5.41) is 0. The molecule has 0 atom stereocenters. The molecule has 1 aromatic rings. The first kappa shape index (κ1) is 14.0. The van der Waals surface area contributed by atoms with Crippen LogP contribution in [0.15, 0.2) is 24.4 Å². The van der Waals surface area contributed by atoms with Gasteiger partial charge in [0.1, 0.15) is 0 Å². The molecule has 3 heterocycles. The van der Waals surface area contributed by atoms with E-state index in [1.54, 1.807) is 0 Å². The number of hydrogen-bond acceptors (Lipinski definition) is 3. The summed E-state index contributed by atoms with van der Waals surface area (Å²) in [6.07, 6.45) is 8.33. The van der Waals surface area contributed by atoms with Gasteiger partial charge in [-0.3, -0.25) is 4.98 Å². The highest BCUT2D eigenvalue weighted by Gasteiger charge is 2.27. The van der Waals surface area contributed by atoms with Gasteiger partial charge in [0.25, 0.3) is 0 Å². The number of nitrogens with zero attached hydrogens (tertiary/aromatic N) is 2. The van der Waals surface area contributed by atoms with E-state index in [2.05, 4.69) is 22.0 Å². The van der Waals surface area contributed by atoms with E-state index in [-0.39, 0.29) is 0 Å². The second-order valence-corrected chi connectivity index (χ2v) is 6.20. The van der Waals surface area contributed by atoms with E-state index in [4.69, 9.17) is 4.74 Å². The van der Waals surface area contributed by atoms with Gasteiger partial charge in [-0.2, -0.15) is 0 Å². The Morgan fingerprint density at radius 1 is 1.05 bits per heavy atom. The largest absolute Gasteiger partial charge is 0.381 e. The highest BCUT2D eigenvalue weighted by Crippen LogP contribution is 2.31. The normalized spacial score (nSPS) is 23.0. The quantitative estimate of drug-likeness (QED) is 0.844. The zero-order valence-electron chi connectivity index (χ0n) is 12.3. The van der Waals surface area contributed by atoms with Crippen molar-refractivity contribution >= 4 is 0 Å². The third kappa shape index (κ3) is 3.80. The van der Waals surface area contributed by atoms with E-state index in [1.807, 2.05) is 12.3 Å². The van der Waals surface area contributed by atoms with Crippen molar-refractivity contribution in [3.63, 3.8) is 0 Å². The van der Waals surface area contributed by atoms with Gasteiger partial charge in [-0.25, -0.2) is 0 Å². The van der Waals surface area contributed by atoms with Crippen molar-refractivity contribution in [1.29, 1.82) is 0 Å². The van der Waals surface area contributed by atoms with Crippen molar-refractivity contribution in [3.8, 4) is 0 Å². The topological polar surface area (TPSA) is 25.4 Å². The molecule has 2 fully saturated rings. The minimum absolute atomic E-state index is 0.932. The molecule has 0 spiro atoms. The first-order chi connectivity index (χ1) is 9.92. The first-order valence-corrected chi connectivity index (χ1v) is 8.12. The Balaban J connectivity index is 1.40. The Morgan fingerprint density at radius 2 is 1.80 bits per heavy atom. The highest BCUT2D eigenvalue weighted by atomic mass is 16.5. The Bertz CT molecular complexity index is 381. The molecule has 0 bridgehead atoms. The van der Waals surface area contributed by atoms with Crippen molar-refractivity contribution in [2.75, 3.05) is 32.8 Å². The van der Waals surface area contributed by atoms with Gasteiger partial charge in [0.05, 0.1) is 0 Å². The number of likely N-dealkylation sites (tertiary alicyclic amines) is 1. The average molecular weight is 274 g/mol. The maximum Gasteiger partial charge on any atom is 0.0468 e. The minimum atomic E-state index is 0.932. The molecule has 3 nitrogen and oxygen atoms in total. The third-order valence-electron chi connectivity index (χ3n) is 4.98. The number of hydrogen-bond donors (Lipinski definition) is 0. The van der Waals surface area contributed by atoms with E-state index in [0.29, 0.717) is 0 Å². The smallest absolute Gasteiger partial charge is 0.0468 e. The Labute approximate surface area is 122 Å². The van der Waals surface area contributed by atoms with Crippen LogP contribution in [0.3, 0.4) is 0 Å². The maximum absolute atomic E-state index is 5.48. The van der Waals surface area contributed by atoms with Crippen LogP contribution in [0.1, 0.15) is 31.4 Å². The van der Waals surface area contributed by atoms with Gasteiger partial charge in [0, 0.05) is 38.1 Å². The number of rotatable bonds is 4. The Morgan fingerprint density at radius 3 is 2.50 bits per heavy atom. The summed E-state index contributed by atoms with van der Waals surface area (Å²) in [5.41, 5.74) is 1.22. The second kappa shape index (κ2) is 7.19. The van der Waals surface area contributed by atoms with Crippen LogP contribution >= 0.6 is 0 Å². The summed E-state index contributed by atoms with van der Waals surface area (Å²) in [6, 6.07) is 6.21. The molecule has 0 aliphatic carbocycles. The number of ether oxygens (including phenoxy) is 1. The standard InChI is InChI=1S/C17H26N2O/c1-2-9-18-17(3-1)6-12-19-10-4-15(5-11-19)16-7-13-20-14-8-16/h1-3,9,15-16H,4-8,10-14H2. The third-order valence-corrected chi connectivity index (χ3v) is 4.98. The van der Waals surface area contributed by atoms with Crippen molar-refractivity contribution < 1.29 is 4.74 Å². The SMILES string of the molecule is c1ccc(CCN2CCC(C3CCOCC3)CC2)nc1. The molecule has 0 amide bonds. The van der Waals surface area contributed by atoms with Crippen LogP contribution in [-0.4, -0.2) is 42.7 Å². The molecule has 2 saturated heterocycles. The summed E-state index contributed by atoms with van der Waals surface area (Å²) in [5.74, 6) is 1.88. The molecule has 0 saturated carbocycles. The summed E-state index contributed by atoms with van der Waals surface area (Å²) in [4.78, 5) is 7.03. The lowest BCUT2D eigenvalue weighted by Gasteiger charge is -2.37. The van der Waals surface area contributed by atoms with Gasteiger partial charge in [-0.05, 0) is 62.7 Å². The van der Waals surface area contributed by atoms with Crippen LogP contribution in [0.25, 0.3) is 0 Å². The van der Waals surface area contributed by atoms with Gasteiger partial charge in [0.15, 0.2) is 0 Å². The zero-order chi connectivity index (χ0) is 13.6. The number of aromatic nitrogens is 1. The van der Waals surface area contributed by atoms with Gasteiger partial charge < -0.3 is 9.64 Å². The maximum atomic E-state index is 5.48. The lowest BCUT2D eigenvalue weighted by molar-refractivity contribution is 0.0305. The van der Waals surface area contributed by atoms with Crippen LogP contribution in [-0.2, 0) is 11.2 Å². The molecule has 2 aliphatic heterocycles. The van der Waals surface area contributed by atoms with Gasteiger partial charge in [0.2, 0.25) is 0 Å². The summed E-state index contributed by atoms with van der Waals surface area (Å²) >= 11 is 0. The Kier molecular flexibility index (Phi) is 5.04. The van der Waals surface area contributed by atoms with Crippen molar-refractivity contribution in [3.05, 3.63) is 30.1 Å². The molecule has 110 valence electrons. The minimum Gasteiger partial charge on any atom is -0.381 e. The van der Waals surface area contributed by atoms with Gasteiger partial charge >= 0.3 is 0 Å². The molecule has 3 heteroatoms. The van der Waals surface area contributed by atoms with Crippen LogP contribution < -0.4 is 0 Å². The second-order valence-electron chi connectivity index (χ2n) is 6.20. The van der Waals surface area contributed by atoms with Crippen molar-refractivity contribution in [1.82, 2.24) is 9.88 Å². The number of piperidine rings is 1. The molecule has 20 heavy (non-hydrogen) atoms. The van der Waals surface area contributed by atoms with Crippen molar-refractivity contribution in [2.24, 2.45) is 11.8 Å². The van der Waals surface area contributed by atoms with Crippen molar-refractivity contribution in [2.45, 2.75) is 32.1 Å². The fourth-order valence-corrected chi connectivity index (χ4v) is 3.65. The average Bonchev–Trinajstić information content (AvgIpc) is 2.55. The van der Waals surface area contributed by atoms with E-state index in [0.717, 1.165) is 38.0 Å². The lowest BCUT2D eigenvalue weighted by atomic mass is 9.80. The Hall–Kier alpha value is -0.930. The number of pyridine rings is 1. The molecular formula is C17H26N2O. The summed E-state index contributed by atoms with van der Waals surface area (Å²) in [7, 11) is 0. The molecule has 0 N–H and O–H groups in total. The fourth-order valence-electron chi connectivity index (χ4n) is 3.65. The monoisotopic (exact) mass is 274 g/mol. The van der Waals surface area contributed by atoms with Crippen LogP contribution in [0.5, 0.6) is 0 Å². The van der Waals surface area contributed by atoms with Crippen LogP contribution in [0.4, 0.5) is 0 Å². The first-order valence-electron chi connectivity index (χ1n) is 8.12. The zero-order valence-corrected chi connectivity index (χ0v) is 12.3. The van der Waals surface area contributed by atoms with E-state index >= 15 is 0 Å². The molecule has 0 unspecified atom stereocenters. The van der Waals surface area contributed by atoms with E-state index < -0.39 is 0 Å². The molecular weight excluding hydrogens is 248 g/mol. The van der Waals surface area contributed by atoms with Crippen LogP contribution in [0, 0.1) is 11.8 Å². The van der Waals surface area contributed by atoms with Gasteiger partial charge in [-0.15, -0.1) is 0 Å². The van der Waals surface area contributed by atoms with Crippen LogP contribution in [0.2, 0.25) is 0 Å². The lowest BCUT2D eigenvalue weighted by Crippen LogP contribution is -2.38. The molecule has 0 radical (unpaired) electrons. The van der Waals surface area contributed by atoms with E-state index in [1.165, 1.54) is 44.5 Å². The summed E-state index contributed by atoms with van der Waals surface area (Å²) < 4.78 is 5.48.